The molecule has 1 atom stereocenters. The number of carbonyl (C=O) groups excluding carboxylic acids is 1. The Morgan fingerprint density at radius 3 is 2.91 bits per heavy atom. The van der Waals surface area contributed by atoms with Gasteiger partial charge in [0.25, 0.3) is 11.5 Å². The summed E-state index contributed by atoms with van der Waals surface area (Å²) in [7, 11) is 1.77. The van der Waals surface area contributed by atoms with Crippen LogP contribution in [0.2, 0.25) is 0 Å². The maximum absolute atomic E-state index is 12.8. The number of fused-ring (bicyclic) bond motifs is 1. The van der Waals surface area contributed by atoms with Gasteiger partial charge in [0, 0.05) is 44.0 Å². The number of benzene rings is 1. The van der Waals surface area contributed by atoms with E-state index in [2.05, 4.69) is 20.6 Å². The minimum atomic E-state index is -0.00315. The van der Waals surface area contributed by atoms with Crippen molar-refractivity contribution < 1.29 is 4.79 Å². The van der Waals surface area contributed by atoms with Gasteiger partial charge in [-0.05, 0) is 43.9 Å². The number of imidazole rings is 2. The number of pyridine rings is 1. The minimum absolute atomic E-state index is 0.00310. The lowest BCUT2D eigenvalue weighted by atomic mass is 9.97. The van der Waals surface area contributed by atoms with E-state index >= 15 is 0 Å². The molecule has 0 radical (unpaired) electrons. The molecular weight excluding hydrogens is 404 g/mol. The molecule has 8 heteroatoms. The number of H-pyrrole nitrogens is 1. The smallest absolute Gasteiger partial charge is 0.271 e. The van der Waals surface area contributed by atoms with Gasteiger partial charge in [0.15, 0.2) is 0 Å². The number of nitrogens with zero attached hydrogens (tertiary/aromatic N) is 5. The second-order valence-corrected chi connectivity index (χ2v) is 8.59. The van der Waals surface area contributed by atoms with Crippen LogP contribution < -0.4 is 5.56 Å². The van der Waals surface area contributed by atoms with E-state index in [0.29, 0.717) is 23.7 Å². The number of amides is 1. The Kier molecular flexibility index (Phi) is 5.13. The van der Waals surface area contributed by atoms with Crippen LogP contribution in [0.4, 0.5) is 0 Å². The molecule has 0 bridgehead atoms. The summed E-state index contributed by atoms with van der Waals surface area (Å²) >= 11 is 0. The van der Waals surface area contributed by atoms with Gasteiger partial charge in [0.1, 0.15) is 11.5 Å². The van der Waals surface area contributed by atoms with Crippen LogP contribution in [0.5, 0.6) is 0 Å². The van der Waals surface area contributed by atoms with E-state index in [9.17, 15) is 9.59 Å². The summed E-state index contributed by atoms with van der Waals surface area (Å²) in [6.45, 7) is 4.03. The van der Waals surface area contributed by atoms with Crippen LogP contribution in [-0.4, -0.2) is 48.0 Å². The molecule has 1 saturated heterocycles. The fourth-order valence-electron chi connectivity index (χ4n) is 4.68. The Hall–Kier alpha value is -3.68. The van der Waals surface area contributed by atoms with Crippen molar-refractivity contribution in [3.8, 4) is 11.4 Å². The molecule has 1 aliphatic rings. The zero-order chi connectivity index (χ0) is 22.2. The van der Waals surface area contributed by atoms with Crippen molar-refractivity contribution in [3.05, 3.63) is 70.7 Å². The first-order valence-electron chi connectivity index (χ1n) is 10.9. The average Bonchev–Trinajstić information content (AvgIpc) is 3.46. The van der Waals surface area contributed by atoms with E-state index in [-0.39, 0.29) is 11.5 Å². The molecule has 3 aromatic heterocycles. The lowest BCUT2D eigenvalue weighted by Crippen LogP contribution is -2.41. The highest BCUT2D eigenvalue weighted by molar-refractivity contribution is 5.92. The molecule has 1 aromatic carbocycles. The number of hydrogen-bond acceptors (Lipinski definition) is 4. The van der Waals surface area contributed by atoms with Gasteiger partial charge in [-0.2, -0.15) is 0 Å². The highest BCUT2D eigenvalue weighted by Crippen LogP contribution is 2.28. The number of piperidine rings is 1. The van der Waals surface area contributed by atoms with Crippen LogP contribution in [0.25, 0.3) is 22.4 Å². The van der Waals surface area contributed by atoms with Gasteiger partial charge >= 0.3 is 0 Å². The first-order valence-corrected chi connectivity index (χ1v) is 10.9. The Bertz CT molecular complexity index is 1310. The van der Waals surface area contributed by atoms with Crippen LogP contribution in [0.1, 0.15) is 28.9 Å². The maximum atomic E-state index is 12.8. The summed E-state index contributed by atoms with van der Waals surface area (Å²) in [5.41, 5.74) is 4.12. The number of nitrogens with one attached hydrogen (secondary N) is 1. The number of rotatable bonds is 4. The summed E-state index contributed by atoms with van der Waals surface area (Å²) in [6, 6.07) is 10.0. The highest BCUT2D eigenvalue weighted by atomic mass is 16.2. The van der Waals surface area contributed by atoms with Crippen LogP contribution in [0.15, 0.2) is 53.8 Å². The molecule has 0 spiro atoms. The summed E-state index contributed by atoms with van der Waals surface area (Å²) in [4.78, 5) is 38.8. The Morgan fingerprint density at radius 2 is 2.12 bits per heavy atom. The second-order valence-electron chi connectivity index (χ2n) is 8.59. The van der Waals surface area contributed by atoms with E-state index in [4.69, 9.17) is 4.98 Å². The number of carbonyl (C=O) groups is 1. The van der Waals surface area contributed by atoms with Crippen LogP contribution in [0, 0.1) is 12.8 Å². The third-order valence-corrected chi connectivity index (χ3v) is 6.25. The van der Waals surface area contributed by atoms with E-state index < -0.39 is 0 Å². The van der Waals surface area contributed by atoms with Gasteiger partial charge in [-0.1, -0.05) is 12.1 Å². The molecule has 5 rings (SSSR count). The predicted octanol–water partition coefficient (Wildman–Crippen LogP) is 2.99. The normalized spacial score (nSPS) is 16.6. The first kappa shape index (κ1) is 20.2. The molecule has 32 heavy (non-hydrogen) atoms. The van der Waals surface area contributed by atoms with Gasteiger partial charge in [0.2, 0.25) is 0 Å². The Balaban J connectivity index is 1.49. The van der Waals surface area contributed by atoms with Gasteiger partial charge in [-0.15, -0.1) is 0 Å². The van der Waals surface area contributed by atoms with Crippen LogP contribution in [0.3, 0.4) is 0 Å². The van der Waals surface area contributed by atoms with Crippen molar-refractivity contribution in [2.45, 2.75) is 26.3 Å². The maximum Gasteiger partial charge on any atom is 0.271 e. The lowest BCUT2D eigenvalue weighted by Gasteiger charge is -2.33. The molecule has 1 N–H and O–H groups in total. The molecule has 1 fully saturated rings. The largest absolute Gasteiger partial charge is 0.341 e. The molecule has 0 aliphatic carbocycles. The quantitative estimate of drug-likeness (QED) is 0.539. The fraction of sp³-hybridized carbons (Fsp3) is 0.333. The number of aryl methyl sites for hydroxylation is 2. The highest BCUT2D eigenvalue weighted by Gasteiger charge is 2.27. The predicted molar refractivity (Wildman–Crippen MR) is 122 cm³/mol. The van der Waals surface area contributed by atoms with Gasteiger partial charge in [0.05, 0.1) is 23.6 Å². The van der Waals surface area contributed by atoms with Crippen LogP contribution >= 0.6 is 0 Å². The topological polar surface area (TPSA) is 88.8 Å². The fourth-order valence-corrected chi connectivity index (χ4v) is 4.68. The summed E-state index contributed by atoms with van der Waals surface area (Å²) in [6.07, 6.45) is 6.97. The first-order chi connectivity index (χ1) is 15.5. The van der Waals surface area contributed by atoms with Gasteiger partial charge < -0.3 is 19.0 Å². The molecule has 0 unspecified atom stereocenters. The molecule has 1 aliphatic heterocycles. The molecule has 4 heterocycles. The minimum Gasteiger partial charge on any atom is -0.341 e. The van der Waals surface area contributed by atoms with Crippen molar-refractivity contribution in [1.82, 2.24) is 29.0 Å². The monoisotopic (exact) mass is 430 g/mol. The van der Waals surface area contributed by atoms with Crippen molar-refractivity contribution >= 4 is 16.9 Å². The van der Waals surface area contributed by atoms with Crippen molar-refractivity contribution in [2.24, 2.45) is 13.0 Å². The molecule has 164 valence electrons. The van der Waals surface area contributed by atoms with E-state index in [1.54, 1.807) is 17.8 Å². The third kappa shape index (κ3) is 3.62. The molecule has 8 nitrogen and oxygen atoms in total. The number of para-hydroxylation sites is 2. The molecule has 0 saturated carbocycles. The Morgan fingerprint density at radius 1 is 1.28 bits per heavy atom. The Labute approximate surface area is 185 Å². The van der Waals surface area contributed by atoms with Crippen molar-refractivity contribution in [2.75, 3.05) is 13.1 Å². The van der Waals surface area contributed by atoms with E-state index in [1.165, 1.54) is 6.33 Å². The second kappa shape index (κ2) is 8.11. The number of aromatic amines is 1. The standard InChI is InChI=1S/C24H26N6O2/c1-16-10-18(14-28(2)23(16)31)22-27-19-7-3-4-8-21(19)30(22)13-17-6-5-9-29(12-17)24(32)20-11-25-15-26-20/h3-4,7-8,10-11,14-15,17H,5-6,9,12-13H2,1-2H3,(H,25,26)/t17-/m1/s1. The number of likely N-dealkylation sites (tertiary alicyclic amines) is 1. The average molecular weight is 431 g/mol. The zero-order valence-electron chi connectivity index (χ0n) is 18.3. The SMILES string of the molecule is Cc1cc(-c2nc3ccccc3n2C[C@@H]2CCCN(C(=O)c3cnc[nH]3)C2)cn(C)c1=O. The molecular formula is C24H26N6O2. The van der Waals surface area contributed by atoms with Crippen molar-refractivity contribution in [1.29, 1.82) is 0 Å². The third-order valence-electron chi connectivity index (χ3n) is 6.25. The van der Waals surface area contributed by atoms with Gasteiger partial charge in [-0.3, -0.25) is 9.59 Å². The van der Waals surface area contributed by atoms with E-state index in [0.717, 1.165) is 48.4 Å². The number of aromatic nitrogens is 5. The summed E-state index contributed by atoms with van der Waals surface area (Å²) < 4.78 is 3.85. The van der Waals surface area contributed by atoms with E-state index in [1.807, 2.05) is 42.3 Å². The van der Waals surface area contributed by atoms with Crippen molar-refractivity contribution in [3.63, 3.8) is 0 Å². The van der Waals surface area contributed by atoms with Gasteiger partial charge in [-0.25, -0.2) is 9.97 Å². The molecule has 1 amide bonds. The summed E-state index contributed by atoms with van der Waals surface area (Å²) in [5.74, 6) is 1.15. The lowest BCUT2D eigenvalue weighted by molar-refractivity contribution is 0.0658. The number of hydrogen-bond donors (Lipinski definition) is 1. The summed E-state index contributed by atoms with van der Waals surface area (Å²) in [5, 5.41) is 0. The molecule has 4 aromatic rings. The van der Waals surface area contributed by atoms with Crippen LogP contribution in [-0.2, 0) is 13.6 Å². The zero-order valence-corrected chi connectivity index (χ0v) is 18.3.